The maximum Gasteiger partial charge on any atom is 0.406 e. The van der Waals surface area contributed by atoms with Gasteiger partial charge < -0.3 is 4.90 Å². The average molecular weight is 311 g/mol. The van der Waals surface area contributed by atoms with Crippen LogP contribution in [0, 0.1) is 0 Å². The average Bonchev–Trinajstić information content (AvgIpc) is 2.24. The predicted molar refractivity (Wildman–Crippen MR) is 59.6 cm³/mol. The first-order valence-corrected chi connectivity index (χ1v) is 5.61. The molecular weight excluding hydrogens is 301 g/mol. The van der Waals surface area contributed by atoms with Gasteiger partial charge in [0, 0.05) is 17.2 Å². The number of amides is 1. The van der Waals surface area contributed by atoms with E-state index in [4.69, 9.17) is 0 Å². The van der Waals surface area contributed by atoms with Gasteiger partial charge >= 0.3 is 6.18 Å². The number of pyridine rings is 1. The first-order valence-electron chi connectivity index (χ1n) is 4.81. The monoisotopic (exact) mass is 310 g/mol. The van der Waals surface area contributed by atoms with Gasteiger partial charge in [-0.05, 0) is 35.0 Å². The summed E-state index contributed by atoms with van der Waals surface area (Å²) in [6, 6.07) is 3.14. The zero-order valence-electron chi connectivity index (χ0n) is 8.96. The number of carbonyl (C=O) groups excluding carboxylic acids is 1. The van der Waals surface area contributed by atoms with Crippen molar-refractivity contribution in [1.82, 2.24) is 9.88 Å². The maximum atomic E-state index is 12.2. The minimum atomic E-state index is -4.41. The van der Waals surface area contributed by atoms with E-state index < -0.39 is 18.6 Å². The van der Waals surface area contributed by atoms with Crippen molar-refractivity contribution in [2.45, 2.75) is 13.1 Å². The van der Waals surface area contributed by atoms with Crippen LogP contribution in [0.4, 0.5) is 13.2 Å². The predicted octanol–water partition coefficient (Wildman–Crippen LogP) is 2.87. The summed E-state index contributed by atoms with van der Waals surface area (Å²) >= 11 is 3.08. The highest BCUT2D eigenvalue weighted by Gasteiger charge is 2.33. The third-order valence-electron chi connectivity index (χ3n) is 2.00. The Labute approximate surface area is 105 Å². The van der Waals surface area contributed by atoms with Gasteiger partial charge in [-0.25, -0.2) is 4.98 Å². The summed E-state index contributed by atoms with van der Waals surface area (Å²) in [4.78, 5) is 16.3. The molecule has 0 N–H and O–H groups in total. The molecular formula is C10H10BrF3N2O. The number of halogens is 4. The molecule has 0 aliphatic heterocycles. The first-order chi connectivity index (χ1) is 7.85. The smallest absolute Gasteiger partial charge is 0.328 e. The van der Waals surface area contributed by atoms with Crippen molar-refractivity contribution < 1.29 is 18.0 Å². The molecule has 1 heterocycles. The van der Waals surface area contributed by atoms with Crippen molar-refractivity contribution in [3.63, 3.8) is 0 Å². The van der Waals surface area contributed by atoms with Gasteiger partial charge in [0.25, 0.3) is 5.91 Å². The summed E-state index contributed by atoms with van der Waals surface area (Å²) in [5.74, 6) is -0.739. The van der Waals surface area contributed by atoms with Crippen molar-refractivity contribution in [2.24, 2.45) is 0 Å². The van der Waals surface area contributed by atoms with E-state index in [0.717, 1.165) is 0 Å². The Balaban J connectivity index is 2.91. The standard InChI is InChI=1S/C10H10BrF3N2O/c1-2-16(6-10(12,13)14)9(17)8-7(11)4-3-5-15-8/h3-5H,2,6H2,1H3. The molecule has 0 saturated carbocycles. The number of nitrogens with zero attached hydrogens (tertiary/aromatic N) is 2. The molecule has 0 bridgehead atoms. The lowest BCUT2D eigenvalue weighted by molar-refractivity contribution is -0.140. The first kappa shape index (κ1) is 14.0. The van der Waals surface area contributed by atoms with Crippen LogP contribution in [0.15, 0.2) is 22.8 Å². The fourth-order valence-electron chi connectivity index (χ4n) is 1.24. The van der Waals surface area contributed by atoms with E-state index in [0.29, 0.717) is 9.37 Å². The molecule has 0 radical (unpaired) electrons. The van der Waals surface area contributed by atoms with Gasteiger partial charge in [-0.15, -0.1) is 0 Å². The van der Waals surface area contributed by atoms with Gasteiger partial charge in [-0.3, -0.25) is 4.79 Å². The lowest BCUT2D eigenvalue weighted by atomic mass is 10.3. The number of alkyl halides is 3. The molecule has 94 valence electrons. The Hall–Kier alpha value is -1.11. The molecule has 1 rings (SSSR count). The van der Waals surface area contributed by atoms with Crippen molar-refractivity contribution in [2.75, 3.05) is 13.1 Å². The molecule has 0 aliphatic rings. The minimum absolute atomic E-state index is 0.0152. The van der Waals surface area contributed by atoms with Crippen LogP contribution < -0.4 is 0 Å². The number of rotatable bonds is 3. The van der Waals surface area contributed by atoms with Crippen LogP contribution in [0.5, 0.6) is 0 Å². The molecule has 0 unspecified atom stereocenters. The molecule has 0 spiro atoms. The number of aromatic nitrogens is 1. The van der Waals surface area contributed by atoms with Gasteiger partial charge in [0.15, 0.2) is 0 Å². The Morgan fingerprint density at radius 2 is 2.18 bits per heavy atom. The highest BCUT2D eigenvalue weighted by molar-refractivity contribution is 9.10. The van der Waals surface area contributed by atoms with Gasteiger partial charge in [0.1, 0.15) is 12.2 Å². The molecule has 7 heteroatoms. The van der Waals surface area contributed by atoms with E-state index in [1.165, 1.54) is 13.1 Å². The Morgan fingerprint density at radius 3 is 2.65 bits per heavy atom. The topological polar surface area (TPSA) is 33.2 Å². The van der Waals surface area contributed by atoms with E-state index in [2.05, 4.69) is 20.9 Å². The summed E-state index contributed by atoms with van der Waals surface area (Å²) < 4.78 is 37.1. The molecule has 3 nitrogen and oxygen atoms in total. The van der Waals surface area contributed by atoms with Crippen molar-refractivity contribution in [1.29, 1.82) is 0 Å². The largest absolute Gasteiger partial charge is 0.406 e. The Bertz CT molecular complexity index is 409. The van der Waals surface area contributed by atoms with Gasteiger partial charge in [-0.1, -0.05) is 0 Å². The molecule has 0 aromatic carbocycles. The second-order valence-corrected chi connectivity index (χ2v) is 4.12. The van der Waals surface area contributed by atoms with E-state index in [1.54, 1.807) is 12.1 Å². The molecule has 0 saturated heterocycles. The molecule has 0 atom stereocenters. The number of hydrogen-bond donors (Lipinski definition) is 0. The molecule has 1 aromatic rings. The molecule has 0 fully saturated rings. The quantitative estimate of drug-likeness (QED) is 0.860. The summed E-state index contributed by atoms with van der Waals surface area (Å²) in [5, 5.41) is 0. The SMILES string of the molecule is CCN(CC(F)(F)F)C(=O)c1ncccc1Br. The van der Waals surface area contributed by atoms with E-state index in [-0.39, 0.29) is 12.2 Å². The zero-order chi connectivity index (χ0) is 13.1. The third-order valence-corrected chi connectivity index (χ3v) is 2.64. The van der Waals surface area contributed by atoms with Crippen molar-refractivity contribution >= 4 is 21.8 Å². The van der Waals surface area contributed by atoms with Crippen LogP contribution in [0.3, 0.4) is 0 Å². The van der Waals surface area contributed by atoms with Crippen molar-refractivity contribution in [3.8, 4) is 0 Å². The second kappa shape index (κ2) is 5.48. The van der Waals surface area contributed by atoms with Crippen molar-refractivity contribution in [3.05, 3.63) is 28.5 Å². The van der Waals surface area contributed by atoms with E-state index in [1.807, 2.05) is 0 Å². The summed E-state index contributed by atoms with van der Waals surface area (Å²) in [6.45, 7) is 0.188. The lowest BCUT2D eigenvalue weighted by Crippen LogP contribution is -2.39. The van der Waals surface area contributed by atoms with Crippen LogP contribution in [-0.2, 0) is 0 Å². The third kappa shape index (κ3) is 3.99. The minimum Gasteiger partial charge on any atom is -0.328 e. The molecule has 17 heavy (non-hydrogen) atoms. The molecule has 1 aromatic heterocycles. The maximum absolute atomic E-state index is 12.2. The normalized spacial score (nSPS) is 11.4. The lowest BCUT2D eigenvalue weighted by Gasteiger charge is -2.22. The Morgan fingerprint density at radius 1 is 1.53 bits per heavy atom. The summed E-state index contributed by atoms with van der Waals surface area (Å²) in [6.07, 6.45) is -3.05. The van der Waals surface area contributed by atoms with Gasteiger partial charge in [0.2, 0.25) is 0 Å². The molecule has 1 amide bonds. The van der Waals surface area contributed by atoms with Crippen LogP contribution in [0.25, 0.3) is 0 Å². The fourth-order valence-corrected chi connectivity index (χ4v) is 1.66. The van der Waals surface area contributed by atoms with E-state index >= 15 is 0 Å². The van der Waals surface area contributed by atoms with Crippen LogP contribution >= 0.6 is 15.9 Å². The Kier molecular flexibility index (Phi) is 4.50. The summed E-state index contributed by atoms with van der Waals surface area (Å²) in [5.41, 5.74) is -0.0152. The van der Waals surface area contributed by atoms with Gasteiger partial charge in [0.05, 0.1) is 0 Å². The summed E-state index contributed by atoms with van der Waals surface area (Å²) in [7, 11) is 0. The van der Waals surface area contributed by atoms with Crippen LogP contribution in [0.1, 0.15) is 17.4 Å². The van der Waals surface area contributed by atoms with Crippen LogP contribution in [-0.4, -0.2) is 35.1 Å². The van der Waals surface area contributed by atoms with E-state index in [9.17, 15) is 18.0 Å². The highest BCUT2D eigenvalue weighted by Crippen LogP contribution is 2.20. The number of hydrogen-bond acceptors (Lipinski definition) is 2. The number of carbonyl (C=O) groups is 1. The van der Waals surface area contributed by atoms with Gasteiger partial charge in [-0.2, -0.15) is 13.2 Å². The molecule has 0 aliphatic carbocycles. The zero-order valence-corrected chi connectivity index (χ0v) is 10.5. The fraction of sp³-hybridized carbons (Fsp3) is 0.400. The second-order valence-electron chi connectivity index (χ2n) is 3.27. The highest BCUT2D eigenvalue weighted by atomic mass is 79.9. The van der Waals surface area contributed by atoms with Crippen LogP contribution in [0.2, 0.25) is 0 Å².